The van der Waals surface area contributed by atoms with Gasteiger partial charge in [-0.05, 0) is 40.8 Å². The summed E-state index contributed by atoms with van der Waals surface area (Å²) >= 11 is 1.73. The van der Waals surface area contributed by atoms with Gasteiger partial charge >= 0.3 is 0 Å². The van der Waals surface area contributed by atoms with Crippen molar-refractivity contribution in [1.82, 2.24) is 0 Å². The Kier molecular flexibility index (Phi) is 3.19. The van der Waals surface area contributed by atoms with Crippen LogP contribution in [-0.4, -0.2) is 0 Å². The zero-order valence-corrected chi connectivity index (χ0v) is 9.63. The molecule has 0 bridgehead atoms. The summed E-state index contributed by atoms with van der Waals surface area (Å²) < 4.78 is 0. The largest absolute Gasteiger partial charge is 0.324 e. The van der Waals surface area contributed by atoms with Gasteiger partial charge in [-0.3, -0.25) is 0 Å². The Balaban J connectivity index is 2.11. The van der Waals surface area contributed by atoms with Gasteiger partial charge in [0.05, 0.1) is 0 Å². The summed E-state index contributed by atoms with van der Waals surface area (Å²) in [5.41, 5.74) is 10.1. The predicted octanol–water partition coefficient (Wildman–Crippen LogP) is 3.30. The lowest BCUT2D eigenvalue weighted by Gasteiger charge is -2.11. The summed E-state index contributed by atoms with van der Waals surface area (Å²) in [6.07, 6.45) is 0.915. The van der Waals surface area contributed by atoms with Crippen LogP contribution in [0.15, 0.2) is 41.1 Å². The maximum atomic E-state index is 6.18. The molecule has 78 valence electrons. The molecule has 0 fully saturated rings. The molecular weight excluding hydrogens is 202 g/mol. The van der Waals surface area contributed by atoms with Crippen LogP contribution in [-0.2, 0) is 6.42 Å². The maximum Gasteiger partial charge on any atom is 0.0346 e. The van der Waals surface area contributed by atoms with Crippen LogP contribution >= 0.6 is 11.3 Å². The lowest BCUT2D eigenvalue weighted by Crippen LogP contribution is -2.13. The van der Waals surface area contributed by atoms with Gasteiger partial charge < -0.3 is 5.73 Å². The van der Waals surface area contributed by atoms with Gasteiger partial charge in [0.2, 0.25) is 0 Å². The summed E-state index contributed by atoms with van der Waals surface area (Å²) in [7, 11) is 0. The molecule has 0 saturated heterocycles. The van der Waals surface area contributed by atoms with Crippen molar-refractivity contribution in [3.05, 3.63) is 57.8 Å². The van der Waals surface area contributed by atoms with E-state index in [9.17, 15) is 0 Å². The van der Waals surface area contributed by atoms with Gasteiger partial charge in [0, 0.05) is 6.04 Å². The van der Waals surface area contributed by atoms with Crippen LogP contribution in [0.25, 0.3) is 0 Å². The van der Waals surface area contributed by atoms with E-state index < -0.39 is 0 Å². The van der Waals surface area contributed by atoms with Gasteiger partial charge in [0.15, 0.2) is 0 Å². The molecule has 0 aliphatic carbocycles. The van der Waals surface area contributed by atoms with Gasteiger partial charge in [-0.2, -0.15) is 11.3 Å². The highest BCUT2D eigenvalue weighted by Gasteiger charge is 2.09. The van der Waals surface area contributed by atoms with Crippen molar-refractivity contribution in [2.24, 2.45) is 5.73 Å². The Hall–Kier alpha value is -1.12. The smallest absolute Gasteiger partial charge is 0.0346 e. The number of hydrogen-bond donors (Lipinski definition) is 1. The number of benzene rings is 1. The first-order valence-corrected chi connectivity index (χ1v) is 6.04. The van der Waals surface area contributed by atoms with Gasteiger partial charge in [0.25, 0.3) is 0 Å². The van der Waals surface area contributed by atoms with Crippen molar-refractivity contribution in [1.29, 1.82) is 0 Å². The molecule has 0 spiro atoms. The summed E-state index contributed by atoms with van der Waals surface area (Å²) in [4.78, 5) is 0. The highest BCUT2D eigenvalue weighted by molar-refractivity contribution is 7.08. The number of hydrogen-bond acceptors (Lipinski definition) is 2. The third-order valence-electron chi connectivity index (χ3n) is 2.59. The van der Waals surface area contributed by atoms with E-state index in [1.54, 1.807) is 11.3 Å². The van der Waals surface area contributed by atoms with Crippen LogP contribution in [0.4, 0.5) is 0 Å². The lowest BCUT2D eigenvalue weighted by atomic mass is 10.00. The zero-order valence-electron chi connectivity index (χ0n) is 8.81. The Morgan fingerprint density at radius 1 is 1.20 bits per heavy atom. The molecule has 2 N–H and O–H groups in total. The van der Waals surface area contributed by atoms with Gasteiger partial charge in [-0.25, -0.2) is 0 Å². The topological polar surface area (TPSA) is 26.0 Å². The highest BCUT2D eigenvalue weighted by atomic mass is 32.1. The molecule has 2 aromatic rings. The average molecular weight is 217 g/mol. The maximum absolute atomic E-state index is 6.18. The summed E-state index contributed by atoms with van der Waals surface area (Å²) in [5, 5.41) is 4.31. The Bertz CT molecular complexity index is 419. The standard InChI is InChI=1S/C13H15NS/c1-10-8-15-9-12(10)13(14)7-11-5-3-2-4-6-11/h2-6,8-9,13H,7,14H2,1H3. The molecule has 2 heteroatoms. The van der Waals surface area contributed by atoms with Crippen molar-refractivity contribution in [2.45, 2.75) is 19.4 Å². The van der Waals surface area contributed by atoms with Gasteiger partial charge in [-0.15, -0.1) is 0 Å². The minimum absolute atomic E-state index is 0.124. The van der Waals surface area contributed by atoms with E-state index in [-0.39, 0.29) is 6.04 Å². The molecule has 0 aliphatic heterocycles. The molecular formula is C13H15NS. The van der Waals surface area contributed by atoms with E-state index in [1.807, 2.05) is 6.07 Å². The van der Waals surface area contributed by atoms with Crippen molar-refractivity contribution >= 4 is 11.3 Å². The third-order valence-corrected chi connectivity index (χ3v) is 3.47. The molecule has 2 rings (SSSR count). The quantitative estimate of drug-likeness (QED) is 0.838. The lowest BCUT2D eigenvalue weighted by molar-refractivity contribution is 0.720. The normalized spacial score (nSPS) is 12.7. The first-order chi connectivity index (χ1) is 7.27. The molecule has 0 radical (unpaired) electrons. The van der Waals surface area contributed by atoms with E-state index in [4.69, 9.17) is 5.73 Å². The fraction of sp³-hybridized carbons (Fsp3) is 0.231. The molecule has 0 aliphatic rings. The highest BCUT2D eigenvalue weighted by Crippen LogP contribution is 2.22. The van der Waals surface area contributed by atoms with Crippen molar-refractivity contribution < 1.29 is 0 Å². The molecule has 0 saturated carbocycles. The van der Waals surface area contributed by atoms with Crippen LogP contribution in [0, 0.1) is 6.92 Å². The third kappa shape index (κ3) is 2.46. The second-order valence-corrected chi connectivity index (χ2v) is 4.55. The van der Waals surface area contributed by atoms with Gasteiger partial charge in [0.1, 0.15) is 0 Å². The Labute approximate surface area is 94.6 Å². The van der Waals surface area contributed by atoms with Crippen molar-refractivity contribution in [2.75, 3.05) is 0 Å². The van der Waals surface area contributed by atoms with Crippen molar-refractivity contribution in [3.63, 3.8) is 0 Å². The van der Waals surface area contributed by atoms with Crippen LogP contribution in [0.2, 0.25) is 0 Å². The Morgan fingerprint density at radius 3 is 2.53 bits per heavy atom. The SMILES string of the molecule is Cc1cscc1C(N)Cc1ccccc1. The molecule has 1 aromatic heterocycles. The second kappa shape index (κ2) is 4.60. The molecule has 1 unspecified atom stereocenters. The number of aryl methyl sites for hydroxylation is 1. The minimum atomic E-state index is 0.124. The predicted molar refractivity (Wildman–Crippen MR) is 66.1 cm³/mol. The van der Waals surface area contributed by atoms with E-state index in [0.29, 0.717) is 0 Å². The van der Waals surface area contributed by atoms with Crippen LogP contribution in [0.5, 0.6) is 0 Å². The van der Waals surface area contributed by atoms with Crippen LogP contribution in [0.1, 0.15) is 22.7 Å². The minimum Gasteiger partial charge on any atom is -0.324 e. The molecule has 1 atom stereocenters. The number of thiophene rings is 1. The molecule has 1 heterocycles. The van der Waals surface area contributed by atoms with E-state index >= 15 is 0 Å². The van der Waals surface area contributed by atoms with Gasteiger partial charge in [-0.1, -0.05) is 30.3 Å². The molecule has 1 nitrogen and oxygen atoms in total. The fourth-order valence-electron chi connectivity index (χ4n) is 1.73. The fourth-order valence-corrected chi connectivity index (χ4v) is 2.64. The summed E-state index contributed by atoms with van der Waals surface area (Å²) in [6, 6.07) is 10.5. The Morgan fingerprint density at radius 2 is 1.93 bits per heavy atom. The van der Waals surface area contributed by atoms with E-state index in [2.05, 4.69) is 41.9 Å². The second-order valence-electron chi connectivity index (χ2n) is 3.81. The monoisotopic (exact) mass is 217 g/mol. The van der Waals surface area contributed by atoms with Crippen LogP contribution in [0.3, 0.4) is 0 Å². The number of nitrogens with two attached hydrogens (primary N) is 1. The van der Waals surface area contributed by atoms with Crippen LogP contribution < -0.4 is 5.73 Å². The summed E-state index contributed by atoms with van der Waals surface area (Å²) in [6.45, 7) is 2.12. The average Bonchev–Trinajstić information content (AvgIpc) is 2.66. The first kappa shape index (κ1) is 10.4. The zero-order chi connectivity index (χ0) is 10.7. The van der Waals surface area contributed by atoms with Crippen molar-refractivity contribution in [3.8, 4) is 0 Å². The number of rotatable bonds is 3. The molecule has 1 aromatic carbocycles. The summed E-state index contributed by atoms with van der Waals surface area (Å²) in [5.74, 6) is 0. The van der Waals surface area contributed by atoms with E-state index in [0.717, 1.165) is 6.42 Å². The van der Waals surface area contributed by atoms with E-state index in [1.165, 1.54) is 16.7 Å². The molecule has 0 amide bonds. The first-order valence-electron chi connectivity index (χ1n) is 5.09. The molecule has 15 heavy (non-hydrogen) atoms.